The minimum atomic E-state index is -0.515. The quantitative estimate of drug-likeness (QED) is 0.301. The van der Waals surface area contributed by atoms with Crippen LogP contribution in [0.15, 0.2) is 64.7 Å². The highest BCUT2D eigenvalue weighted by atomic mass is 19.1. The van der Waals surface area contributed by atoms with E-state index in [4.69, 9.17) is 10.7 Å². The van der Waals surface area contributed by atoms with Gasteiger partial charge in [-0.2, -0.15) is 0 Å². The van der Waals surface area contributed by atoms with E-state index in [1.165, 1.54) is 18.2 Å². The second kappa shape index (κ2) is 9.15. The van der Waals surface area contributed by atoms with Crippen LogP contribution < -0.4 is 11.1 Å². The Bertz CT molecular complexity index is 1360. The van der Waals surface area contributed by atoms with Crippen LogP contribution in [0.1, 0.15) is 26.8 Å². The first-order valence-corrected chi connectivity index (χ1v) is 10.4. The van der Waals surface area contributed by atoms with Crippen molar-refractivity contribution in [3.8, 4) is 11.4 Å². The van der Waals surface area contributed by atoms with Gasteiger partial charge in [0.25, 0.3) is 0 Å². The predicted octanol–water partition coefficient (Wildman–Crippen LogP) is 5.74. The Balaban J connectivity index is 1.75. The Morgan fingerprint density at radius 1 is 1.12 bits per heavy atom. The Labute approximate surface area is 189 Å². The number of hydrogen-bond donors (Lipinski definition) is 2. The van der Waals surface area contributed by atoms with Crippen molar-refractivity contribution < 1.29 is 8.78 Å². The molecule has 4 aromatic rings. The van der Waals surface area contributed by atoms with Crippen LogP contribution in [0.3, 0.4) is 0 Å². The van der Waals surface area contributed by atoms with Crippen molar-refractivity contribution in [2.45, 2.75) is 26.8 Å². The van der Waals surface area contributed by atoms with Crippen LogP contribution in [-0.2, 0) is 0 Å². The number of rotatable bonds is 5. The average molecular weight is 447 g/mol. The summed E-state index contributed by atoms with van der Waals surface area (Å²) in [5.74, 6) is 0.696. The summed E-state index contributed by atoms with van der Waals surface area (Å²) in [5.41, 5.74) is 8.16. The molecule has 2 aromatic carbocycles. The van der Waals surface area contributed by atoms with Crippen molar-refractivity contribution in [2.75, 3.05) is 5.32 Å². The van der Waals surface area contributed by atoms with Gasteiger partial charge in [-0.25, -0.2) is 28.7 Å². The molecule has 168 valence electrons. The average Bonchev–Trinajstić information content (AvgIpc) is 3.17. The number of nitrogens with zero attached hydrogens (tertiary/aromatic N) is 5. The van der Waals surface area contributed by atoms with Gasteiger partial charge < -0.3 is 15.6 Å². The van der Waals surface area contributed by atoms with Gasteiger partial charge in [0.2, 0.25) is 0 Å². The summed E-state index contributed by atoms with van der Waals surface area (Å²) in [7, 11) is 0. The van der Waals surface area contributed by atoms with E-state index in [9.17, 15) is 8.78 Å². The van der Waals surface area contributed by atoms with E-state index in [2.05, 4.69) is 24.9 Å². The number of halogens is 2. The first-order valence-electron chi connectivity index (χ1n) is 10.4. The molecule has 0 radical (unpaired) electrons. The van der Waals surface area contributed by atoms with E-state index in [0.29, 0.717) is 28.7 Å². The second-order valence-corrected chi connectivity index (χ2v) is 7.66. The van der Waals surface area contributed by atoms with E-state index in [0.717, 1.165) is 17.4 Å². The van der Waals surface area contributed by atoms with Gasteiger partial charge in [0.15, 0.2) is 11.6 Å². The Morgan fingerprint density at radius 3 is 2.55 bits per heavy atom. The lowest BCUT2D eigenvalue weighted by atomic mass is 10.2. The summed E-state index contributed by atoms with van der Waals surface area (Å²) in [6.45, 7) is 5.73. The fourth-order valence-electron chi connectivity index (χ4n) is 3.56. The molecular weight excluding hydrogens is 424 g/mol. The minimum Gasteiger partial charge on any atom is -0.390 e. The molecule has 4 rings (SSSR count). The van der Waals surface area contributed by atoms with E-state index in [-0.39, 0.29) is 17.5 Å². The molecule has 0 unspecified atom stereocenters. The number of nitrogens with one attached hydrogen (secondary N) is 1. The molecule has 0 aliphatic rings. The molecule has 0 bridgehead atoms. The number of benzene rings is 2. The molecule has 2 aromatic heterocycles. The van der Waals surface area contributed by atoms with Crippen LogP contribution in [0.4, 0.5) is 26.0 Å². The summed E-state index contributed by atoms with van der Waals surface area (Å²) in [4.78, 5) is 17.1. The molecule has 3 N–H and O–H groups in total. The molecule has 0 aliphatic carbocycles. The third-order valence-corrected chi connectivity index (χ3v) is 4.98. The zero-order valence-corrected chi connectivity index (χ0v) is 18.4. The summed E-state index contributed by atoms with van der Waals surface area (Å²) < 4.78 is 30.1. The Morgan fingerprint density at radius 2 is 1.88 bits per heavy atom. The lowest BCUT2D eigenvalue weighted by Gasteiger charge is -2.13. The lowest BCUT2D eigenvalue weighted by Crippen LogP contribution is -2.03. The number of imidazole rings is 1. The van der Waals surface area contributed by atoms with Gasteiger partial charge >= 0.3 is 0 Å². The number of hydrogen-bond acceptors (Lipinski definition) is 4. The Kier molecular flexibility index (Phi) is 6.12. The topological polar surface area (TPSA) is 93.5 Å². The molecule has 9 heteroatoms. The van der Waals surface area contributed by atoms with E-state index in [1.54, 1.807) is 37.4 Å². The number of fused-ring (bicyclic) bond motifs is 1. The smallest absolute Gasteiger partial charge is 0.158 e. The number of pyridine rings is 1. The molecular formula is C24H23F2N7. The molecule has 2 heterocycles. The standard InChI is InChI=1S/C24H23F2N7/c1-14(2)33-21-10-11-28-23(22(21)32-24(33)16-4-6-17(25)7-5-16)31-18-8-9-20(19(26)12-18)30-15(3)29-13-27/h4-14H,1-3H3,(H,28,31)(H2,27,29,30). The second-order valence-electron chi connectivity index (χ2n) is 7.66. The van der Waals surface area contributed by atoms with Gasteiger partial charge in [-0.1, -0.05) is 0 Å². The molecule has 0 amide bonds. The number of aliphatic imine (C=N–C) groups is 2. The first-order chi connectivity index (χ1) is 15.9. The molecule has 33 heavy (non-hydrogen) atoms. The minimum absolute atomic E-state index is 0.0966. The zero-order valence-electron chi connectivity index (χ0n) is 18.4. The maximum atomic E-state index is 14.6. The van der Waals surface area contributed by atoms with Gasteiger partial charge in [0.1, 0.15) is 28.7 Å². The lowest BCUT2D eigenvalue weighted by molar-refractivity contribution is 0.621. The van der Waals surface area contributed by atoms with E-state index < -0.39 is 5.82 Å². The van der Waals surface area contributed by atoms with Crippen molar-refractivity contribution in [3.63, 3.8) is 0 Å². The highest BCUT2D eigenvalue weighted by Gasteiger charge is 2.18. The SMILES string of the molecule is CC(N=CN)=Nc1ccc(Nc2nccc3c2nc(-c2ccc(F)cc2)n3C(C)C)cc1F. The number of anilines is 2. The van der Waals surface area contributed by atoms with Crippen molar-refractivity contribution in [1.29, 1.82) is 0 Å². The van der Waals surface area contributed by atoms with Gasteiger partial charge in [-0.05, 0) is 69.3 Å². The van der Waals surface area contributed by atoms with Crippen molar-refractivity contribution in [2.24, 2.45) is 15.7 Å². The van der Waals surface area contributed by atoms with Crippen LogP contribution >= 0.6 is 0 Å². The summed E-state index contributed by atoms with van der Waals surface area (Å²) in [6.07, 6.45) is 2.78. The summed E-state index contributed by atoms with van der Waals surface area (Å²) in [5, 5.41) is 3.15. The number of nitrogens with two attached hydrogens (primary N) is 1. The molecule has 0 saturated carbocycles. The maximum absolute atomic E-state index is 14.6. The highest BCUT2D eigenvalue weighted by molar-refractivity contribution is 5.91. The Hall–Kier alpha value is -4.14. The van der Waals surface area contributed by atoms with Crippen LogP contribution in [0.5, 0.6) is 0 Å². The number of aromatic nitrogens is 3. The molecule has 0 atom stereocenters. The third kappa shape index (κ3) is 4.57. The largest absolute Gasteiger partial charge is 0.390 e. The molecule has 0 fully saturated rings. The third-order valence-electron chi connectivity index (χ3n) is 4.98. The van der Waals surface area contributed by atoms with Crippen LogP contribution in [0.25, 0.3) is 22.4 Å². The van der Waals surface area contributed by atoms with E-state index in [1.807, 2.05) is 19.9 Å². The molecule has 0 saturated heterocycles. The monoisotopic (exact) mass is 447 g/mol. The zero-order chi connectivity index (χ0) is 23.5. The normalized spacial score (nSPS) is 12.2. The predicted molar refractivity (Wildman–Crippen MR) is 128 cm³/mol. The molecule has 0 aliphatic heterocycles. The fraction of sp³-hybridized carbons (Fsp3) is 0.167. The van der Waals surface area contributed by atoms with Gasteiger partial charge in [-0.15, -0.1) is 0 Å². The number of amidine groups is 1. The molecule has 7 nitrogen and oxygen atoms in total. The van der Waals surface area contributed by atoms with Crippen molar-refractivity contribution in [3.05, 3.63) is 66.4 Å². The maximum Gasteiger partial charge on any atom is 0.158 e. The van der Waals surface area contributed by atoms with Crippen LogP contribution in [0.2, 0.25) is 0 Å². The fourth-order valence-corrected chi connectivity index (χ4v) is 3.56. The van der Waals surface area contributed by atoms with Crippen LogP contribution in [0, 0.1) is 11.6 Å². The molecule has 0 spiro atoms. The van der Waals surface area contributed by atoms with Crippen LogP contribution in [-0.4, -0.2) is 26.7 Å². The van der Waals surface area contributed by atoms with Gasteiger partial charge in [0, 0.05) is 23.5 Å². The first kappa shape index (κ1) is 22.1. The van der Waals surface area contributed by atoms with Crippen molar-refractivity contribution >= 4 is 40.4 Å². The summed E-state index contributed by atoms with van der Waals surface area (Å²) in [6, 6.07) is 12.8. The van der Waals surface area contributed by atoms with Crippen molar-refractivity contribution in [1.82, 2.24) is 14.5 Å². The van der Waals surface area contributed by atoms with Gasteiger partial charge in [-0.3, -0.25) is 0 Å². The summed E-state index contributed by atoms with van der Waals surface area (Å²) >= 11 is 0. The highest BCUT2D eigenvalue weighted by Crippen LogP contribution is 2.33. The van der Waals surface area contributed by atoms with E-state index >= 15 is 0 Å². The van der Waals surface area contributed by atoms with Gasteiger partial charge in [0.05, 0.1) is 11.9 Å².